The van der Waals surface area contributed by atoms with Gasteiger partial charge in [-0.05, 0) is 17.8 Å². The van der Waals surface area contributed by atoms with E-state index in [4.69, 9.17) is 4.74 Å². The van der Waals surface area contributed by atoms with Crippen LogP contribution >= 0.6 is 0 Å². The van der Waals surface area contributed by atoms with E-state index in [-0.39, 0.29) is 29.2 Å². The van der Waals surface area contributed by atoms with Crippen LogP contribution in [0.2, 0.25) is 0 Å². The van der Waals surface area contributed by atoms with Gasteiger partial charge in [-0.15, -0.1) is 0 Å². The molecule has 5 heteroatoms. The Morgan fingerprint density at radius 3 is 2.40 bits per heavy atom. The fourth-order valence-corrected chi connectivity index (χ4v) is 2.64. The lowest BCUT2D eigenvalue weighted by molar-refractivity contribution is -0.153. The Morgan fingerprint density at radius 2 is 1.95 bits per heavy atom. The number of ether oxygens (including phenoxy) is 1. The maximum atomic E-state index is 12.7. The summed E-state index contributed by atoms with van der Waals surface area (Å²) in [7, 11) is 1.65. The van der Waals surface area contributed by atoms with Gasteiger partial charge in [-0.3, -0.25) is 9.59 Å². The summed E-state index contributed by atoms with van der Waals surface area (Å²) < 4.78 is 5.13. The zero-order valence-corrected chi connectivity index (χ0v) is 13.5. The van der Waals surface area contributed by atoms with Gasteiger partial charge in [0, 0.05) is 13.7 Å². The van der Waals surface area contributed by atoms with E-state index in [0.29, 0.717) is 19.6 Å². The van der Waals surface area contributed by atoms with Crippen LogP contribution in [0.3, 0.4) is 0 Å². The number of piperazine rings is 1. The van der Waals surface area contributed by atoms with Crippen LogP contribution in [0.5, 0.6) is 0 Å². The molecule has 1 heterocycles. The van der Waals surface area contributed by atoms with Crippen LogP contribution < -0.4 is 5.32 Å². The van der Waals surface area contributed by atoms with Crippen molar-refractivity contribution in [1.82, 2.24) is 10.2 Å². The summed E-state index contributed by atoms with van der Waals surface area (Å²) in [5.74, 6) is 0.188. The minimum absolute atomic E-state index is 0.0203. The normalized spacial score (nSPS) is 25.6. The van der Waals surface area contributed by atoms with E-state index in [2.05, 4.69) is 5.32 Å². The average Bonchev–Trinajstić information content (AvgIpc) is 2.32. The highest BCUT2D eigenvalue weighted by Crippen LogP contribution is 2.26. The molecule has 0 aromatic carbocycles. The molecule has 1 rings (SSSR count). The SMILES string of the molecule is CCC1C(=O)NC(C(C)(C)C)C(=O)N1CC(C)COC. The minimum Gasteiger partial charge on any atom is -0.384 e. The standard InChI is InChI=1S/C15H28N2O3/c1-7-11-13(18)16-12(15(3,4)5)14(19)17(11)8-10(2)9-20-6/h10-12H,7-9H2,1-6H3,(H,16,18). The van der Waals surface area contributed by atoms with Crippen molar-refractivity contribution in [3.8, 4) is 0 Å². The Labute approximate surface area is 122 Å². The van der Waals surface area contributed by atoms with E-state index in [1.165, 1.54) is 0 Å². The van der Waals surface area contributed by atoms with Gasteiger partial charge in [-0.1, -0.05) is 34.6 Å². The molecule has 1 aliphatic heterocycles. The molecule has 20 heavy (non-hydrogen) atoms. The summed E-state index contributed by atoms with van der Waals surface area (Å²) in [4.78, 5) is 26.7. The van der Waals surface area contributed by atoms with Crippen molar-refractivity contribution in [2.24, 2.45) is 11.3 Å². The molecule has 1 aliphatic rings. The summed E-state index contributed by atoms with van der Waals surface area (Å²) in [6.45, 7) is 11.0. The Bertz CT molecular complexity index is 363. The van der Waals surface area contributed by atoms with Crippen LogP contribution in [-0.2, 0) is 14.3 Å². The van der Waals surface area contributed by atoms with Crippen LogP contribution in [0.1, 0.15) is 41.0 Å². The Hall–Kier alpha value is -1.10. The van der Waals surface area contributed by atoms with Gasteiger partial charge in [-0.2, -0.15) is 0 Å². The number of carbonyl (C=O) groups is 2. The number of hydrogen-bond donors (Lipinski definition) is 1. The first-order chi connectivity index (χ1) is 9.22. The second kappa shape index (κ2) is 6.57. The molecule has 3 atom stereocenters. The predicted octanol–water partition coefficient (Wildman–Crippen LogP) is 1.42. The third kappa shape index (κ3) is 3.72. The molecular weight excluding hydrogens is 256 g/mol. The Morgan fingerprint density at radius 1 is 1.35 bits per heavy atom. The van der Waals surface area contributed by atoms with Crippen LogP contribution in [0.15, 0.2) is 0 Å². The van der Waals surface area contributed by atoms with Crippen LogP contribution in [0.25, 0.3) is 0 Å². The highest BCUT2D eigenvalue weighted by Gasteiger charge is 2.44. The van der Waals surface area contributed by atoms with Crippen molar-refractivity contribution in [2.75, 3.05) is 20.3 Å². The zero-order valence-electron chi connectivity index (χ0n) is 13.5. The summed E-state index contributed by atoms with van der Waals surface area (Å²) in [5.41, 5.74) is -0.284. The first-order valence-corrected chi connectivity index (χ1v) is 7.32. The Balaban J connectivity index is 2.95. The van der Waals surface area contributed by atoms with Crippen molar-refractivity contribution >= 4 is 11.8 Å². The van der Waals surface area contributed by atoms with Gasteiger partial charge in [0.1, 0.15) is 12.1 Å². The third-order valence-electron chi connectivity index (χ3n) is 3.71. The molecule has 1 saturated heterocycles. The minimum atomic E-state index is -0.451. The molecule has 116 valence electrons. The number of amides is 2. The second-order valence-corrected chi connectivity index (χ2v) is 6.78. The van der Waals surface area contributed by atoms with Gasteiger partial charge >= 0.3 is 0 Å². The maximum Gasteiger partial charge on any atom is 0.246 e. The van der Waals surface area contributed by atoms with E-state index in [9.17, 15) is 9.59 Å². The van der Waals surface area contributed by atoms with Crippen LogP contribution in [0.4, 0.5) is 0 Å². The van der Waals surface area contributed by atoms with Gasteiger partial charge in [0.2, 0.25) is 11.8 Å². The number of nitrogens with zero attached hydrogens (tertiary/aromatic N) is 1. The lowest BCUT2D eigenvalue weighted by atomic mass is 9.83. The highest BCUT2D eigenvalue weighted by molar-refractivity contribution is 5.97. The van der Waals surface area contributed by atoms with E-state index >= 15 is 0 Å². The zero-order chi connectivity index (χ0) is 15.5. The summed E-state index contributed by atoms with van der Waals surface area (Å²) in [6, 6.07) is -0.812. The summed E-state index contributed by atoms with van der Waals surface area (Å²) in [5, 5.41) is 2.88. The van der Waals surface area contributed by atoms with Gasteiger partial charge < -0.3 is 15.0 Å². The van der Waals surface area contributed by atoms with Crippen LogP contribution in [0, 0.1) is 11.3 Å². The van der Waals surface area contributed by atoms with E-state index in [1.807, 2.05) is 34.6 Å². The molecule has 2 amide bonds. The van der Waals surface area contributed by atoms with E-state index < -0.39 is 6.04 Å². The van der Waals surface area contributed by atoms with Gasteiger partial charge in [0.25, 0.3) is 0 Å². The summed E-state index contributed by atoms with van der Waals surface area (Å²) in [6.07, 6.45) is 0.633. The van der Waals surface area contributed by atoms with Crippen molar-refractivity contribution in [3.63, 3.8) is 0 Å². The largest absolute Gasteiger partial charge is 0.384 e. The summed E-state index contributed by atoms with van der Waals surface area (Å²) >= 11 is 0. The fourth-order valence-electron chi connectivity index (χ4n) is 2.64. The molecule has 0 saturated carbocycles. The van der Waals surface area contributed by atoms with E-state index in [0.717, 1.165) is 0 Å². The highest BCUT2D eigenvalue weighted by atomic mass is 16.5. The molecule has 1 fully saturated rings. The topological polar surface area (TPSA) is 58.6 Å². The lowest BCUT2D eigenvalue weighted by Crippen LogP contribution is -2.67. The number of rotatable bonds is 5. The second-order valence-electron chi connectivity index (χ2n) is 6.78. The number of carbonyl (C=O) groups excluding carboxylic acids is 2. The first kappa shape index (κ1) is 17.0. The molecule has 5 nitrogen and oxygen atoms in total. The van der Waals surface area contributed by atoms with Gasteiger partial charge in [0.05, 0.1) is 6.61 Å². The molecule has 0 aliphatic carbocycles. The molecule has 0 radical (unpaired) electrons. The molecular formula is C15H28N2O3. The van der Waals surface area contributed by atoms with E-state index in [1.54, 1.807) is 12.0 Å². The van der Waals surface area contributed by atoms with Crippen molar-refractivity contribution < 1.29 is 14.3 Å². The third-order valence-corrected chi connectivity index (χ3v) is 3.71. The fraction of sp³-hybridized carbons (Fsp3) is 0.867. The molecule has 0 bridgehead atoms. The maximum absolute atomic E-state index is 12.7. The molecule has 0 aromatic heterocycles. The average molecular weight is 284 g/mol. The quantitative estimate of drug-likeness (QED) is 0.830. The predicted molar refractivity (Wildman–Crippen MR) is 78.2 cm³/mol. The molecule has 3 unspecified atom stereocenters. The number of nitrogens with one attached hydrogen (secondary N) is 1. The smallest absolute Gasteiger partial charge is 0.246 e. The van der Waals surface area contributed by atoms with Crippen molar-refractivity contribution in [2.45, 2.75) is 53.1 Å². The first-order valence-electron chi connectivity index (χ1n) is 7.32. The molecule has 0 aromatic rings. The van der Waals surface area contributed by atoms with Gasteiger partial charge in [-0.25, -0.2) is 0 Å². The van der Waals surface area contributed by atoms with Crippen molar-refractivity contribution in [1.29, 1.82) is 0 Å². The van der Waals surface area contributed by atoms with Crippen LogP contribution in [-0.4, -0.2) is 49.1 Å². The Kier molecular flexibility index (Phi) is 5.57. The molecule has 0 spiro atoms. The molecule has 1 N–H and O–H groups in total. The number of methoxy groups -OCH3 is 1. The lowest BCUT2D eigenvalue weighted by Gasteiger charge is -2.44. The van der Waals surface area contributed by atoms with Gasteiger partial charge in [0.15, 0.2) is 0 Å². The monoisotopic (exact) mass is 284 g/mol. The number of hydrogen-bond acceptors (Lipinski definition) is 3. The van der Waals surface area contributed by atoms with Crippen molar-refractivity contribution in [3.05, 3.63) is 0 Å².